The van der Waals surface area contributed by atoms with Gasteiger partial charge in [-0.1, -0.05) is 18.2 Å². The van der Waals surface area contributed by atoms with Gasteiger partial charge in [0.25, 0.3) is 0 Å². The van der Waals surface area contributed by atoms with Gasteiger partial charge in [-0.25, -0.2) is 0 Å². The number of halogens is 3. The minimum Gasteiger partial charge on any atom is -0.368 e. The zero-order chi connectivity index (χ0) is 20.1. The van der Waals surface area contributed by atoms with Crippen molar-refractivity contribution in [2.75, 3.05) is 37.3 Å². The first-order chi connectivity index (χ1) is 13.4. The summed E-state index contributed by atoms with van der Waals surface area (Å²) in [7, 11) is 0. The van der Waals surface area contributed by atoms with Crippen molar-refractivity contribution in [2.24, 2.45) is 0 Å². The summed E-state index contributed by atoms with van der Waals surface area (Å²) in [6, 6.07) is 13.2. The van der Waals surface area contributed by atoms with E-state index in [9.17, 15) is 18.0 Å². The van der Waals surface area contributed by atoms with E-state index in [0.717, 1.165) is 22.6 Å². The monoisotopic (exact) mass is 406 g/mol. The molecule has 0 aromatic heterocycles. The van der Waals surface area contributed by atoms with Gasteiger partial charge >= 0.3 is 6.18 Å². The van der Waals surface area contributed by atoms with Gasteiger partial charge in [0.1, 0.15) is 0 Å². The summed E-state index contributed by atoms with van der Waals surface area (Å²) in [6.07, 6.45) is 0.986. The third-order valence-corrected chi connectivity index (χ3v) is 5.41. The van der Waals surface area contributed by atoms with Crippen LogP contribution in [0, 0.1) is 0 Å². The summed E-state index contributed by atoms with van der Waals surface area (Å²) in [6.45, 7) is 1.96. The Morgan fingerprint density at radius 2 is 1.71 bits per heavy atom. The maximum Gasteiger partial charge on any atom is 0.416 e. The third-order valence-electron chi connectivity index (χ3n) is 4.66. The molecule has 1 fully saturated rings. The minimum absolute atomic E-state index is 0.0855. The van der Waals surface area contributed by atoms with Gasteiger partial charge < -0.3 is 9.80 Å². The second-order valence-electron chi connectivity index (χ2n) is 6.47. The van der Waals surface area contributed by atoms with E-state index in [1.165, 1.54) is 6.07 Å². The Morgan fingerprint density at radius 1 is 1.04 bits per heavy atom. The number of piperazine rings is 1. The summed E-state index contributed by atoms with van der Waals surface area (Å²) in [4.78, 5) is 17.2. The molecule has 1 saturated heterocycles. The number of hydrogen-bond acceptors (Lipinski definition) is 3. The molecule has 0 unspecified atom stereocenters. The molecule has 0 radical (unpaired) electrons. The molecule has 28 heavy (non-hydrogen) atoms. The predicted octanol–water partition coefficient (Wildman–Crippen LogP) is 4.79. The van der Waals surface area contributed by atoms with Gasteiger partial charge in [-0.15, -0.1) is 11.8 Å². The normalized spacial score (nSPS) is 15.3. The Hall–Kier alpha value is -2.41. The van der Waals surface area contributed by atoms with E-state index >= 15 is 0 Å². The van der Waals surface area contributed by atoms with Gasteiger partial charge in [-0.3, -0.25) is 4.79 Å². The number of benzene rings is 2. The standard InChI is InChI=1S/C21H21F3N2OS/c1-28-19-8-5-16(6-9-19)7-10-20(27)26-13-11-25(12-14-26)18-4-2-3-17(15-18)21(22,23)24/h2-10,15H,11-14H2,1H3/b10-7+. The second-order valence-corrected chi connectivity index (χ2v) is 7.35. The SMILES string of the molecule is CSc1ccc(/C=C/C(=O)N2CCN(c3cccc(C(F)(F)F)c3)CC2)cc1. The van der Waals surface area contributed by atoms with Crippen LogP contribution in [0.4, 0.5) is 18.9 Å². The molecule has 0 bridgehead atoms. The Bertz CT molecular complexity index is 841. The van der Waals surface area contributed by atoms with Crippen LogP contribution in [-0.4, -0.2) is 43.2 Å². The molecule has 2 aromatic rings. The van der Waals surface area contributed by atoms with E-state index in [-0.39, 0.29) is 5.91 Å². The lowest BCUT2D eigenvalue weighted by atomic mass is 10.1. The second kappa shape index (κ2) is 8.73. The summed E-state index contributed by atoms with van der Waals surface area (Å²) in [5, 5.41) is 0. The predicted molar refractivity (Wildman–Crippen MR) is 107 cm³/mol. The van der Waals surface area contributed by atoms with E-state index in [4.69, 9.17) is 0 Å². The van der Waals surface area contributed by atoms with Gasteiger partial charge in [0.05, 0.1) is 5.56 Å². The Labute approximate surface area is 166 Å². The highest BCUT2D eigenvalue weighted by molar-refractivity contribution is 7.98. The Balaban J connectivity index is 1.57. The van der Waals surface area contributed by atoms with Gasteiger partial charge in [-0.05, 0) is 48.2 Å². The largest absolute Gasteiger partial charge is 0.416 e. The lowest BCUT2D eigenvalue weighted by Crippen LogP contribution is -2.48. The van der Waals surface area contributed by atoms with E-state index in [1.54, 1.807) is 34.9 Å². The molecule has 0 aliphatic carbocycles. The molecular formula is C21H21F3N2OS. The van der Waals surface area contributed by atoms with Crippen molar-refractivity contribution in [2.45, 2.75) is 11.1 Å². The van der Waals surface area contributed by atoms with Gasteiger partial charge in [-0.2, -0.15) is 13.2 Å². The fourth-order valence-corrected chi connectivity index (χ4v) is 3.46. The number of alkyl halides is 3. The average Bonchev–Trinajstić information content (AvgIpc) is 2.72. The number of rotatable bonds is 4. The highest BCUT2D eigenvalue weighted by Crippen LogP contribution is 2.31. The maximum atomic E-state index is 12.9. The Morgan fingerprint density at radius 3 is 2.32 bits per heavy atom. The molecule has 0 atom stereocenters. The van der Waals surface area contributed by atoms with Crippen molar-refractivity contribution in [1.29, 1.82) is 0 Å². The van der Waals surface area contributed by atoms with Crippen molar-refractivity contribution in [3.63, 3.8) is 0 Å². The van der Waals surface area contributed by atoms with Gasteiger partial charge in [0.15, 0.2) is 0 Å². The number of thioether (sulfide) groups is 1. The number of carbonyl (C=O) groups excluding carboxylic acids is 1. The molecule has 0 N–H and O–H groups in total. The van der Waals surface area contributed by atoms with Crippen LogP contribution in [0.1, 0.15) is 11.1 Å². The molecule has 1 amide bonds. The number of carbonyl (C=O) groups is 1. The van der Waals surface area contributed by atoms with Gasteiger partial charge in [0.2, 0.25) is 5.91 Å². The molecule has 0 saturated carbocycles. The fraction of sp³-hybridized carbons (Fsp3) is 0.286. The van der Waals surface area contributed by atoms with Crippen LogP contribution in [0.15, 0.2) is 59.5 Å². The average molecular weight is 406 g/mol. The molecule has 0 spiro atoms. The van der Waals surface area contributed by atoms with Crippen LogP contribution >= 0.6 is 11.8 Å². The molecule has 7 heteroatoms. The smallest absolute Gasteiger partial charge is 0.368 e. The lowest BCUT2D eigenvalue weighted by Gasteiger charge is -2.35. The Kier molecular flexibility index (Phi) is 6.34. The number of hydrogen-bond donors (Lipinski definition) is 0. The summed E-state index contributed by atoms with van der Waals surface area (Å²) < 4.78 is 38.7. The summed E-state index contributed by atoms with van der Waals surface area (Å²) >= 11 is 1.66. The van der Waals surface area contributed by atoms with E-state index < -0.39 is 11.7 Å². The highest BCUT2D eigenvalue weighted by Gasteiger charge is 2.31. The van der Waals surface area contributed by atoms with E-state index in [1.807, 2.05) is 35.4 Å². The fourth-order valence-electron chi connectivity index (χ4n) is 3.05. The number of nitrogens with zero attached hydrogens (tertiary/aromatic N) is 2. The van der Waals surface area contributed by atoms with Crippen molar-refractivity contribution in [3.05, 3.63) is 65.7 Å². The number of amides is 1. The molecular weight excluding hydrogens is 385 g/mol. The molecule has 2 aromatic carbocycles. The van der Waals surface area contributed by atoms with Crippen molar-refractivity contribution in [3.8, 4) is 0 Å². The van der Waals surface area contributed by atoms with Crippen molar-refractivity contribution < 1.29 is 18.0 Å². The van der Waals surface area contributed by atoms with Crippen LogP contribution in [0.3, 0.4) is 0 Å². The van der Waals surface area contributed by atoms with Crippen LogP contribution in [0.25, 0.3) is 6.08 Å². The highest BCUT2D eigenvalue weighted by atomic mass is 32.2. The first-order valence-electron chi connectivity index (χ1n) is 8.90. The zero-order valence-corrected chi connectivity index (χ0v) is 16.3. The summed E-state index contributed by atoms with van der Waals surface area (Å²) in [5.74, 6) is -0.0855. The third kappa shape index (κ3) is 5.10. The maximum absolute atomic E-state index is 12.9. The summed E-state index contributed by atoms with van der Waals surface area (Å²) in [5.41, 5.74) is 0.832. The van der Waals surface area contributed by atoms with Crippen LogP contribution in [0.5, 0.6) is 0 Å². The quantitative estimate of drug-likeness (QED) is 0.539. The van der Waals surface area contributed by atoms with Crippen molar-refractivity contribution >= 4 is 29.4 Å². The lowest BCUT2D eigenvalue weighted by molar-refractivity contribution is -0.137. The molecule has 148 valence electrons. The van der Waals surface area contributed by atoms with E-state index in [2.05, 4.69) is 0 Å². The molecule has 1 heterocycles. The van der Waals surface area contributed by atoms with E-state index in [0.29, 0.717) is 31.9 Å². The zero-order valence-electron chi connectivity index (χ0n) is 15.4. The topological polar surface area (TPSA) is 23.6 Å². The van der Waals surface area contributed by atoms with Gasteiger partial charge in [0, 0.05) is 42.8 Å². The molecule has 1 aliphatic heterocycles. The van der Waals surface area contributed by atoms with Crippen LogP contribution in [-0.2, 0) is 11.0 Å². The minimum atomic E-state index is -4.35. The first kappa shape index (κ1) is 20.3. The first-order valence-corrected chi connectivity index (χ1v) is 10.1. The molecule has 1 aliphatic rings. The molecule has 3 rings (SSSR count). The van der Waals surface area contributed by atoms with Crippen LogP contribution in [0.2, 0.25) is 0 Å². The molecule has 3 nitrogen and oxygen atoms in total. The van der Waals surface area contributed by atoms with Crippen molar-refractivity contribution in [1.82, 2.24) is 4.90 Å². The number of anilines is 1. The van der Waals surface area contributed by atoms with Crippen LogP contribution < -0.4 is 4.90 Å².